The summed E-state index contributed by atoms with van der Waals surface area (Å²) in [5.74, 6) is 0. The second-order valence-corrected chi connectivity index (χ2v) is 10.0. The molecule has 1 aliphatic carbocycles. The van der Waals surface area contributed by atoms with E-state index in [0.29, 0.717) is 0 Å². The number of nitrogens with one attached hydrogen (secondary N) is 1. The maximum Gasteiger partial charge on any atom is 0.0619 e. The van der Waals surface area contributed by atoms with Crippen molar-refractivity contribution in [2.24, 2.45) is 0 Å². The Balaban J connectivity index is 0.00000142. The molecule has 1 N–H and O–H groups in total. The number of benzene rings is 5. The minimum atomic E-state index is 0.931. The molecule has 0 spiro atoms. The van der Waals surface area contributed by atoms with E-state index in [1.54, 1.807) is 0 Å². The molecule has 0 saturated carbocycles. The predicted molar refractivity (Wildman–Crippen MR) is 175 cm³/mol. The molecule has 0 aliphatic heterocycles. The van der Waals surface area contributed by atoms with Crippen LogP contribution in [0.3, 0.4) is 0 Å². The van der Waals surface area contributed by atoms with Crippen molar-refractivity contribution in [3.8, 4) is 16.8 Å². The van der Waals surface area contributed by atoms with Crippen LogP contribution in [0.25, 0.3) is 61.0 Å². The highest BCUT2D eigenvalue weighted by atomic mass is 15.0. The molecule has 2 heteroatoms. The average molecular weight is 519 g/mol. The summed E-state index contributed by atoms with van der Waals surface area (Å²) in [6.45, 7) is 5.98. The lowest BCUT2D eigenvalue weighted by Crippen LogP contribution is -1.97. The van der Waals surface area contributed by atoms with Gasteiger partial charge >= 0.3 is 0 Å². The van der Waals surface area contributed by atoms with Gasteiger partial charge in [0.2, 0.25) is 0 Å². The van der Waals surface area contributed by atoms with Crippen molar-refractivity contribution in [1.29, 1.82) is 5.41 Å². The molecule has 7 rings (SSSR count). The van der Waals surface area contributed by atoms with Gasteiger partial charge in [-0.25, -0.2) is 0 Å². The van der Waals surface area contributed by atoms with Crippen LogP contribution < -0.4 is 0 Å². The largest absolute Gasteiger partial charge is 0.309 e. The van der Waals surface area contributed by atoms with Crippen LogP contribution >= 0.6 is 0 Å². The average Bonchev–Trinajstić information content (AvgIpc) is 3.36. The SMILES string of the molecule is C/C=C(\C=N)c1ccc2c(ccc3c4ccc(-c5cccc6c5C=CCC6)cc4n(-c4ccccc4)c23)c1.CC. The Morgan fingerprint density at radius 1 is 0.800 bits per heavy atom. The monoisotopic (exact) mass is 518 g/mol. The summed E-state index contributed by atoms with van der Waals surface area (Å²) in [5.41, 5.74) is 10.9. The molecule has 196 valence electrons. The van der Waals surface area contributed by atoms with Gasteiger partial charge in [0.15, 0.2) is 0 Å². The van der Waals surface area contributed by atoms with Crippen molar-refractivity contribution in [1.82, 2.24) is 4.57 Å². The first-order chi connectivity index (χ1) is 19.8. The van der Waals surface area contributed by atoms with E-state index < -0.39 is 0 Å². The Bertz CT molecular complexity index is 1930. The fourth-order valence-corrected chi connectivity index (χ4v) is 6.08. The van der Waals surface area contributed by atoms with Crippen LogP contribution in [0.15, 0.2) is 109 Å². The van der Waals surface area contributed by atoms with Gasteiger partial charge in [0, 0.05) is 28.1 Å². The maximum absolute atomic E-state index is 7.80. The zero-order chi connectivity index (χ0) is 27.6. The van der Waals surface area contributed by atoms with Crippen molar-refractivity contribution in [3.63, 3.8) is 0 Å². The summed E-state index contributed by atoms with van der Waals surface area (Å²) in [5, 5.41) is 12.7. The molecular formula is C38H34N2. The van der Waals surface area contributed by atoms with E-state index in [0.717, 1.165) is 29.7 Å². The highest BCUT2D eigenvalue weighted by molar-refractivity contribution is 6.20. The van der Waals surface area contributed by atoms with Crippen molar-refractivity contribution < 1.29 is 0 Å². The molecule has 0 atom stereocenters. The van der Waals surface area contributed by atoms with Crippen molar-refractivity contribution in [2.75, 3.05) is 0 Å². The smallest absolute Gasteiger partial charge is 0.0619 e. The molecular weight excluding hydrogens is 484 g/mol. The molecule has 0 radical (unpaired) electrons. The second kappa shape index (κ2) is 10.8. The molecule has 1 aliphatic rings. The summed E-state index contributed by atoms with van der Waals surface area (Å²) in [6.07, 6.45) is 10.2. The van der Waals surface area contributed by atoms with E-state index in [2.05, 4.69) is 114 Å². The van der Waals surface area contributed by atoms with E-state index in [9.17, 15) is 0 Å². The van der Waals surface area contributed by atoms with Gasteiger partial charge < -0.3 is 9.98 Å². The van der Waals surface area contributed by atoms with E-state index in [1.807, 2.05) is 26.8 Å². The Hall–Kier alpha value is -4.69. The molecule has 0 amide bonds. The van der Waals surface area contributed by atoms with Gasteiger partial charge in [-0.3, -0.25) is 0 Å². The maximum atomic E-state index is 7.80. The summed E-state index contributed by atoms with van der Waals surface area (Å²) in [7, 11) is 0. The highest BCUT2D eigenvalue weighted by Gasteiger charge is 2.18. The van der Waals surface area contributed by atoms with Crippen molar-refractivity contribution in [3.05, 3.63) is 126 Å². The number of fused-ring (bicyclic) bond motifs is 6. The number of rotatable bonds is 4. The van der Waals surface area contributed by atoms with Crippen LogP contribution in [0.1, 0.15) is 43.9 Å². The van der Waals surface area contributed by atoms with Gasteiger partial charge in [-0.2, -0.15) is 0 Å². The topological polar surface area (TPSA) is 28.8 Å². The lowest BCUT2D eigenvalue weighted by molar-refractivity contribution is 0.986. The number of allylic oxidation sites excluding steroid dienone is 3. The fourth-order valence-electron chi connectivity index (χ4n) is 6.08. The summed E-state index contributed by atoms with van der Waals surface area (Å²) >= 11 is 0. The summed E-state index contributed by atoms with van der Waals surface area (Å²) in [6, 6.07) is 35.4. The van der Waals surface area contributed by atoms with Crippen LogP contribution in [-0.4, -0.2) is 10.8 Å². The molecule has 1 aromatic heterocycles. The van der Waals surface area contributed by atoms with Gasteiger partial charge in [-0.1, -0.05) is 105 Å². The Kier molecular flexibility index (Phi) is 6.92. The number of aryl methyl sites for hydroxylation is 1. The molecule has 0 bridgehead atoms. The van der Waals surface area contributed by atoms with E-state index in [-0.39, 0.29) is 0 Å². The summed E-state index contributed by atoms with van der Waals surface area (Å²) < 4.78 is 2.43. The lowest BCUT2D eigenvalue weighted by atomic mass is 9.90. The van der Waals surface area contributed by atoms with Crippen LogP contribution in [0.5, 0.6) is 0 Å². The first-order valence-electron chi connectivity index (χ1n) is 14.3. The van der Waals surface area contributed by atoms with Crippen LogP contribution in [0, 0.1) is 5.41 Å². The van der Waals surface area contributed by atoms with Crippen molar-refractivity contribution in [2.45, 2.75) is 33.6 Å². The van der Waals surface area contributed by atoms with E-state index >= 15 is 0 Å². The second-order valence-electron chi connectivity index (χ2n) is 10.0. The number of hydrogen-bond acceptors (Lipinski definition) is 1. The summed E-state index contributed by atoms with van der Waals surface area (Å²) in [4.78, 5) is 0. The van der Waals surface area contributed by atoms with Gasteiger partial charge in [0.1, 0.15) is 0 Å². The zero-order valence-corrected chi connectivity index (χ0v) is 23.4. The zero-order valence-electron chi connectivity index (χ0n) is 23.4. The molecule has 2 nitrogen and oxygen atoms in total. The van der Waals surface area contributed by atoms with E-state index in [1.165, 1.54) is 61.0 Å². The highest BCUT2D eigenvalue weighted by Crippen LogP contribution is 2.40. The van der Waals surface area contributed by atoms with Gasteiger partial charge in [0.05, 0.1) is 11.0 Å². The molecule has 0 unspecified atom stereocenters. The third-order valence-corrected chi connectivity index (χ3v) is 7.93. The van der Waals surface area contributed by atoms with Crippen molar-refractivity contribution >= 4 is 50.4 Å². The van der Waals surface area contributed by atoms with Gasteiger partial charge in [-0.05, 0) is 82.8 Å². The molecule has 1 heterocycles. The molecule has 0 fully saturated rings. The number of nitrogens with zero attached hydrogens (tertiary/aromatic N) is 1. The third kappa shape index (κ3) is 4.17. The van der Waals surface area contributed by atoms with Crippen LogP contribution in [0.4, 0.5) is 0 Å². The first kappa shape index (κ1) is 25.6. The normalized spacial score (nSPS) is 12.8. The molecule has 0 saturated heterocycles. The first-order valence-corrected chi connectivity index (χ1v) is 14.3. The number of aromatic nitrogens is 1. The molecule has 40 heavy (non-hydrogen) atoms. The van der Waals surface area contributed by atoms with Crippen LogP contribution in [-0.2, 0) is 6.42 Å². The fraction of sp³-hybridized carbons (Fsp3) is 0.132. The van der Waals surface area contributed by atoms with Gasteiger partial charge in [-0.15, -0.1) is 0 Å². The predicted octanol–water partition coefficient (Wildman–Crippen LogP) is 10.6. The minimum Gasteiger partial charge on any atom is -0.309 e. The van der Waals surface area contributed by atoms with E-state index in [4.69, 9.17) is 5.41 Å². The van der Waals surface area contributed by atoms with Gasteiger partial charge in [0.25, 0.3) is 0 Å². The third-order valence-electron chi connectivity index (χ3n) is 7.93. The molecule has 6 aromatic rings. The van der Waals surface area contributed by atoms with Crippen LogP contribution in [0.2, 0.25) is 0 Å². The Morgan fingerprint density at radius 3 is 2.40 bits per heavy atom. The number of para-hydroxylation sites is 1. The molecule has 5 aromatic carbocycles. The quantitative estimate of drug-likeness (QED) is 0.225. The standard InChI is InChI=1S/C36H28N2.C2H6/c1-2-24(23-37)26-15-18-32-27(21-26)17-20-34-33-19-16-28(31-14-8-10-25-9-6-7-13-30(25)31)22-35(33)38(36(32)34)29-11-4-3-5-12-29;1-2/h2-5,7-8,10-23,37H,6,9H2,1H3;1-2H3/b24-2+,37-23?;. The number of hydrogen-bond donors (Lipinski definition) is 1. The minimum absolute atomic E-state index is 0.931. The lowest BCUT2D eigenvalue weighted by Gasteiger charge is -2.16. The Morgan fingerprint density at radius 2 is 1.60 bits per heavy atom. The Labute approximate surface area is 236 Å².